The summed E-state index contributed by atoms with van der Waals surface area (Å²) in [5.74, 6) is 0.336. The first-order chi connectivity index (χ1) is 8.28. The standard InChI is InChI=1S/C13H27N3O2/c1-6-15(5)11-9-16(8-10(11)7-14)12(17)18-13(2,3)4/h10-11H,6-9,14H2,1-5H3/t10-,11+/m0/s1. The predicted octanol–water partition coefficient (Wildman–Crippen LogP) is 1.13. The molecule has 0 aromatic carbocycles. The van der Waals surface area contributed by atoms with Gasteiger partial charge in [0.1, 0.15) is 5.60 Å². The van der Waals surface area contributed by atoms with Gasteiger partial charge in [-0.3, -0.25) is 0 Å². The Labute approximate surface area is 110 Å². The number of likely N-dealkylation sites (tertiary alicyclic amines) is 1. The summed E-state index contributed by atoms with van der Waals surface area (Å²) >= 11 is 0. The largest absolute Gasteiger partial charge is 0.444 e. The topological polar surface area (TPSA) is 58.8 Å². The minimum atomic E-state index is -0.440. The highest BCUT2D eigenvalue weighted by molar-refractivity contribution is 5.68. The van der Waals surface area contributed by atoms with Crippen molar-refractivity contribution in [1.29, 1.82) is 0 Å². The summed E-state index contributed by atoms with van der Waals surface area (Å²) in [4.78, 5) is 16.1. The number of carbonyl (C=O) groups excluding carboxylic acids is 1. The molecule has 0 aromatic rings. The van der Waals surface area contributed by atoms with Crippen molar-refractivity contribution in [3.05, 3.63) is 0 Å². The Hall–Kier alpha value is -0.810. The van der Waals surface area contributed by atoms with Crippen molar-refractivity contribution in [2.45, 2.75) is 39.3 Å². The lowest BCUT2D eigenvalue weighted by Crippen LogP contribution is -2.41. The van der Waals surface area contributed by atoms with Gasteiger partial charge in [0, 0.05) is 25.0 Å². The SMILES string of the molecule is CCN(C)[C@@H]1CN(C(=O)OC(C)(C)C)C[C@@H]1CN. The zero-order valence-corrected chi connectivity index (χ0v) is 12.3. The maximum Gasteiger partial charge on any atom is 0.410 e. The average Bonchev–Trinajstić information content (AvgIpc) is 2.69. The molecule has 5 heteroatoms. The zero-order chi connectivity index (χ0) is 13.9. The molecule has 0 unspecified atom stereocenters. The second-order valence-electron chi connectivity index (χ2n) is 6.02. The quantitative estimate of drug-likeness (QED) is 0.823. The Kier molecular flexibility index (Phi) is 4.99. The highest BCUT2D eigenvalue weighted by Crippen LogP contribution is 2.22. The molecule has 1 amide bonds. The van der Waals surface area contributed by atoms with Gasteiger partial charge in [-0.1, -0.05) is 6.92 Å². The van der Waals surface area contributed by atoms with Crippen LogP contribution in [0.15, 0.2) is 0 Å². The van der Waals surface area contributed by atoms with Crippen molar-refractivity contribution < 1.29 is 9.53 Å². The van der Waals surface area contributed by atoms with Gasteiger partial charge in [0.2, 0.25) is 0 Å². The number of hydrogen-bond acceptors (Lipinski definition) is 4. The van der Waals surface area contributed by atoms with Gasteiger partial charge in [0.25, 0.3) is 0 Å². The summed E-state index contributed by atoms with van der Waals surface area (Å²) in [6.45, 7) is 10.7. The minimum Gasteiger partial charge on any atom is -0.444 e. The molecular formula is C13H27N3O2. The van der Waals surface area contributed by atoms with Gasteiger partial charge in [-0.05, 0) is 40.9 Å². The third-order valence-corrected chi connectivity index (χ3v) is 3.43. The second kappa shape index (κ2) is 5.89. The number of hydrogen-bond donors (Lipinski definition) is 1. The van der Waals surface area contributed by atoms with E-state index in [9.17, 15) is 4.79 Å². The van der Waals surface area contributed by atoms with Crippen LogP contribution in [0.3, 0.4) is 0 Å². The van der Waals surface area contributed by atoms with E-state index in [0.717, 1.165) is 6.54 Å². The van der Waals surface area contributed by atoms with Gasteiger partial charge >= 0.3 is 6.09 Å². The minimum absolute atomic E-state index is 0.229. The van der Waals surface area contributed by atoms with E-state index < -0.39 is 5.60 Å². The van der Waals surface area contributed by atoms with Crippen LogP contribution in [-0.2, 0) is 4.74 Å². The van der Waals surface area contributed by atoms with E-state index in [1.807, 2.05) is 20.8 Å². The molecule has 2 N–H and O–H groups in total. The zero-order valence-electron chi connectivity index (χ0n) is 12.3. The molecule has 1 aliphatic heterocycles. The van der Waals surface area contributed by atoms with Crippen LogP contribution >= 0.6 is 0 Å². The molecular weight excluding hydrogens is 230 g/mol. The van der Waals surface area contributed by atoms with Gasteiger partial charge in [0.15, 0.2) is 0 Å². The van der Waals surface area contributed by atoms with Crippen molar-refractivity contribution in [1.82, 2.24) is 9.80 Å². The third-order valence-electron chi connectivity index (χ3n) is 3.43. The molecule has 0 radical (unpaired) electrons. The normalized spacial score (nSPS) is 24.7. The molecule has 0 aliphatic carbocycles. The van der Waals surface area contributed by atoms with Crippen LogP contribution in [0.5, 0.6) is 0 Å². The molecule has 1 heterocycles. The molecule has 5 nitrogen and oxygen atoms in total. The van der Waals surface area contributed by atoms with Crippen LogP contribution in [0.25, 0.3) is 0 Å². The Morgan fingerprint density at radius 2 is 2.06 bits per heavy atom. The third kappa shape index (κ3) is 3.85. The molecule has 18 heavy (non-hydrogen) atoms. The van der Waals surface area contributed by atoms with Gasteiger partial charge in [-0.2, -0.15) is 0 Å². The molecule has 1 saturated heterocycles. The molecule has 1 aliphatic rings. The lowest BCUT2D eigenvalue weighted by molar-refractivity contribution is 0.0280. The van der Waals surface area contributed by atoms with Crippen molar-refractivity contribution in [3.8, 4) is 0 Å². The Morgan fingerprint density at radius 3 is 2.50 bits per heavy atom. The molecule has 0 bridgehead atoms. The van der Waals surface area contributed by atoms with Crippen LogP contribution in [0.4, 0.5) is 4.79 Å². The highest BCUT2D eigenvalue weighted by atomic mass is 16.6. The second-order valence-corrected chi connectivity index (χ2v) is 6.02. The maximum atomic E-state index is 12.0. The van der Waals surface area contributed by atoms with E-state index >= 15 is 0 Å². The molecule has 0 spiro atoms. The van der Waals surface area contributed by atoms with E-state index in [0.29, 0.717) is 31.6 Å². The summed E-state index contributed by atoms with van der Waals surface area (Å²) in [7, 11) is 2.08. The van der Waals surface area contributed by atoms with Crippen molar-refractivity contribution in [2.75, 3.05) is 33.2 Å². The highest BCUT2D eigenvalue weighted by Gasteiger charge is 2.37. The first-order valence-corrected chi connectivity index (χ1v) is 6.66. The predicted molar refractivity (Wildman–Crippen MR) is 72.4 cm³/mol. The summed E-state index contributed by atoms with van der Waals surface area (Å²) in [6, 6.07) is 0.340. The summed E-state index contributed by atoms with van der Waals surface area (Å²) in [5.41, 5.74) is 5.36. The van der Waals surface area contributed by atoms with E-state index in [4.69, 9.17) is 10.5 Å². The fourth-order valence-electron chi connectivity index (χ4n) is 2.30. The number of nitrogens with zero attached hydrogens (tertiary/aromatic N) is 2. The van der Waals surface area contributed by atoms with Crippen LogP contribution in [0, 0.1) is 5.92 Å². The van der Waals surface area contributed by atoms with Crippen LogP contribution in [0.1, 0.15) is 27.7 Å². The van der Waals surface area contributed by atoms with E-state index in [2.05, 4.69) is 18.9 Å². The smallest absolute Gasteiger partial charge is 0.410 e. The van der Waals surface area contributed by atoms with Gasteiger partial charge in [0.05, 0.1) is 0 Å². The number of carbonyl (C=O) groups is 1. The maximum absolute atomic E-state index is 12.0. The first kappa shape index (κ1) is 15.2. The first-order valence-electron chi connectivity index (χ1n) is 6.66. The monoisotopic (exact) mass is 257 g/mol. The summed E-state index contributed by atoms with van der Waals surface area (Å²) in [5, 5.41) is 0. The number of likely N-dealkylation sites (N-methyl/N-ethyl adjacent to an activating group) is 1. The van der Waals surface area contributed by atoms with Gasteiger partial charge < -0.3 is 20.3 Å². The Balaban J connectivity index is 2.63. The fraction of sp³-hybridized carbons (Fsp3) is 0.923. The fourth-order valence-corrected chi connectivity index (χ4v) is 2.30. The van der Waals surface area contributed by atoms with Crippen LogP contribution < -0.4 is 5.73 Å². The molecule has 0 aromatic heterocycles. The van der Waals surface area contributed by atoms with E-state index in [-0.39, 0.29) is 6.09 Å². The lowest BCUT2D eigenvalue weighted by Gasteiger charge is -2.27. The van der Waals surface area contributed by atoms with Gasteiger partial charge in [-0.25, -0.2) is 4.79 Å². The molecule has 1 fully saturated rings. The average molecular weight is 257 g/mol. The molecule has 0 saturated carbocycles. The lowest BCUT2D eigenvalue weighted by atomic mass is 10.0. The Bertz CT molecular complexity index is 288. The van der Waals surface area contributed by atoms with Crippen molar-refractivity contribution in [3.63, 3.8) is 0 Å². The molecule has 2 atom stereocenters. The van der Waals surface area contributed by atoms with Crippen molar-refractivity contribution in [2.24, 2.45) is 11.7 Å². The number of ether oxygens (including phenoxy) is 1. The number of rotatable bonds is 3. The van der Waals surface area contributed by atoms with E-state index in [1.54, 1.807) is 4.90 Å². The molecule has 1 rings (SSSR count). The summed E-state index contributed by atoms with van der Waals surface area (Å²) in [6.07, 6.45) is -0.229. The number of amides is 1. The summed E-state index contributed by atoms with van der Waals surface area (Å²) < 4.78 is 5.40. The van der Waals surface area contributed by atoms with Crippen LogP contribution in [-0.4, -0.2) is 60.8 Å². The number of nitrogens with two attached hydrogens (primary N) is 1. The van der Waals surface area contributed by atoms with Crippen molar-refractivity contribution >= 4 is 6.09 Å². The van der Waals surface area contributed by atoms with Gasteiger partial charge in [-0.15, -0.1) is 0 Å². The Morgan fingerprint density at radius 1 is 1.44 bits per heavy atom. The van der Waals surface area contributed by atoms with E-state index in [1.165, 1.54) is 0 Å². The van der Waals surface area contributed by atoms with Crippen LogP contribution in [0.2, 0.25) is 0 Å². The molecule has 106 valence electrons.